The van der Waals surface area contributed by atoms with E-state index in [1.54, 1.807) is 13.2 Å². The molecular weight excluding hydrogens is 292 g/mol. The standard InChI is InChI=1S/C13H22O5Si2/c1-7-12-8-10-13(11-9-12)19(6,14-2)18-20(15-3,16-4)17-5/h7-11H,1H2,2-6H3. The topological polar surface area (TPSA) is 46.2 Å². The van der Waals surface area contributed by atoms with Gasteiger partial charge in [0.15, 0.2) is 0 Å². The molecule has 1 atom stereocenters. The summed E-state index contributed by atoms with van der Waals surface area (Å²) in [5, 5.41) is 0.966. The van der Waals surface area contributed by atoms with E-state index < -0.39 is 17.6 Å². The van der Waals surface area contributed by atoms with Gasteiger partial charge in [0.05, 0.1) is 0 Å². The molecule has 0 aromatic heterocycles. The van der Waals surface area contributed by atoms with Crippen molar-refractivity contribution in [2.45, 2.75) is 6.55 Å². The number of rotatable bonds is 8. The zero-order valence-corrected chi connectivity index (χ0v) is 14.6. The van der Waals surface area contributed by atoms with E-state index in [1.807, 2.05) is 30.8 Å². The third-order valence-corrected chi connectivity index (χ3v) is 9.35. The van der Waals surface area contributed by atoms with Crippen molar-refractivity contribution in [2.75, 3.05) is 28.4 Å². The predicted octanol–water partition coefficient (Wildman–Crippen LogP) is 1.65. The third-order valence-electron chi connectivity index (χ3n) is 3.13. The Hall–Kier alpha value is -0.806. The van der Waals surface area contributed by atoms with Gasteiger partial charge in [0.25, 0.3) is 0 Å². The minimum Gasteiger partial charge on any atom is -0.395 e. The summed E-state index contributed by atoms with van der Waals surface area (Å²) >= 11 is 0. The van der Waals surface area contributed by atoms with Crippen molar-refractivity contribution in [1.82, 2.24) is 0 Å². The zero-order valence-electron chi connectivity index (χ0n) is 12.6. The summed E-state index contributed by atoms with van der Waals surface area (Å²) in [6.45, 7) is 5.66. The van der Waals surface area contributed by atoms with Gasteiger partial charge in [-0.1, -0.05) is 36.9 Å². The Morgan fingerprint density at radius 3 is 1.75 bits per heavy atom. The van der Waals surface area contributed by atoms with Crippen molar-refractivity contribution in [3.8, 4) is 0 Å². The minimum atomic E-state index is -3.16. The lowest BCUT2D eigenvalue weighted by molar-refractivity contribution is 0.0391. The molecule has 0 aliphatic carbocycles. The van der Waals surface area contributed by atoms with Crippen LogP contribution in [0, 0.1) is 0 Å². The summed E-state index contributed by atoms with van der Waals surface area (Å²) in [5.74, 6) is 0. The van der Waals surface area contributed by atoms with Crippen LogP contribution in [0.4, 0.5) is 0 Å². The number of hydrogen-bond acceptors (Lipinski definition) is 5. The molecule has 5 nitrogen and oxygen atoms in total. The summed E-state index contributed by atoms with van der Waals surface area (Å²) in [4.78, 5) is 0. The van der Waals surface area contributed by atoms with E-state index >= 15 is 0 Å². The first-order valence-corrected chi connectivity index (χ1v) is 10.1. The van der Waals surface area contributed by atoms with E-state index in [0.29, 0.717) is 0 Å². The Labute approximate surface area is 122 Å². The number of hydrogen-bond donors (Lipinski definition) is 0. The molecule has 0 amide bonds. The van der Waals surface area contributed by atoms with Gasteiger partial charge in [-0.3, -0.25) is 0 Å². The first kappa shape index (κ1) is 17.2. The molecule has 112 valence electrons. The molecule has 1 unspecified atom stereocenters. The van der Waals surface area contributed by atoms with Gasteiger partial charge in [-0.2, -0.15) is 0 Å². The van der Waals surface area contributed by atoms with E-state index in [9.17, 15) is 0 Å². The van der Waals surface area contributed by atoms with E-state index in [1.165, 1.54) is 21.3 Å². The lowest BCUT2D eigenvalue weighted by Crippen LogP contribution is -2.61. The lowest BCUT2D eigenvalue weighted by atomic mass is 10.2. The van der Waals surface area contributed by atoms with Crippen LogP contribution in [0.15, 0.2) is 30.8 Å². The van der Waals surface area contributed by atoms with Crippen LogP contribution in [0.25, 0.3) is 6.08 Å². The largest absolute Gasteiger partial charge is 0.670 e. The maximum atomic E-state index is 6.04. The van der Waals surface area contributed by atoms with Crippen LogP contribution < -0.4 is 5.19 Å². The molecular formula is C13H22O5Si2. The molecule has 0 N–H and O–H groups in total. The van der Waals surface area contributed by atoms with Crippen molar-refractivity contribution in [2.24, 2.45) is 0 Å². The molecule has 0 aliphatic rings. The second kappa shape index (κ2) is 7.27. The molecule has 20 heavy (non-hydrogen) atoms. The van der Waals surface area contributed by atoms with Gasteiger partial charge in [0.1, 0.15) is 0 Å². The van der Waals surface area contributed by atoms with Gasteiger partial charge in [-0.15, -0.1) is 0 Å². The van der Waals surface area contributed by atoms with Crippen LogP contribution in [0.3, 0.4) is 0 Å². The average Bonchev–Trinajstić information content (AvgIpc) is 2.52. The highest BCUT2D eigenvalue weighted by Gasteiger charge is 2.51. The van der Waals surface area contributed by atoms with Crippen molar-refractivity contribution < 1.29 is 21.8 Å². The average molecular weight is 314 g/mol. The maximum absolute atomic E-state index is 6.04. The second-order valence-electron chi connectivity index (χ2n) is 4.19. The smallest absolute Gasteiger partial charge is 0.395 e. The molecule has 0 spiro atoms. The quantitative estimate of drug-likeness (QED) is 0.683. The summed E-state index contributed by atoms with van der Waals surface area (Å²) in [6.07, 6.45) is 1.79. The van der Waals surface area contributed by atoms with Gasteiger partial charge in [0.2, 0.25) is 0 Å². The molecule has 7 heteroatoms. The highest BCUT2D eigenvalue weighted by atomic mass is 28.5. The highest BCUT2D eigenvalue weighted by molar-refractivity contribution is 6.85. The summed E-state index contributed by atoms with van der Waals surface area (Å²) in [6, 6.07) is 7.86. The molecule has 0 heterocycles. The zero-order chi connectivity index (χ0) is 15.2. The van der Waals surface area contributed by atoms with Crippen molar-refractivity contribution in [3.05, 3.63) is 36.4 Å². The van der Waals surface area contributed by atoms with Gasteiger partial charge < -0.3 is 21.8 Å². The minimum absolute atomic E-state index is 0.966. The Morgan fingerprint density at radius 1 is 0.900 bits per heavy atom. The van der Waals surface area contributed by atoms with Crippen LogP contribution in [0.5, 0.6) is 0 Å². The Balaban J connectivity index is 3.09. The molecule has 0 aliphatic heterocycles. The molecule has 1 aromatic rings. The van der Waals surface area contributed by atoms with E-state index in [2.05, 4.69) is 6.58 Å². The first-order chi connectivity index (χ1) is 9.49. The molecule has 0 saturated carbocycles. The molecule has 1 rings (SSSR count). The van der Waals surface area contributed by atoms with Gasteiger partial charge in [-0.05, 0) is 17.3 Å². The first-order valence-electron chi connectivity index (χ1n) is 6.13. The van der Waals surface area contributed by atoms with E-state index in [-0.39, 0.29) is 0 Å². The van der Waals surface area contributed by atoms with Gasteiger partial charge in [-0.25, -0.2) is 0 Å². The van der Waals surface area contributed by atoms with E-state index in [4.69, 9.17) is 21.8 Å². The van der Waals surface area contributed by atoms with Gasteiger partial charge in [0, 0.05) is 28.4 Å². The van der Waals surface area contributed by atoms with Crippen LogP contribution in [0.1, 0.15) is 5.56 Å². The van der Waals surface area contributed by atoms with Crippen molar-refractivity contribution >= 4 is 28.9 Å². The molecule has 0 saturated heterocycles. The summed E-state index contributed by atoms with van der Waals surface area (Å²) in [7, 11) is 0.289. The van der Waals surface area contributed by atoms with Crippen molar-refractivity contribution in [3.63, 3.8) is 0 Å². The third kappa shape index (κ3) is 3.64. The fourth-order valence-corrected chi connectivity index (χ4v) is 6.97. The van der Waals surface area contributed by atoms with Crippen LogP contribution in [0.2, 0.25) is 6.55 Å². The SMILES string of the molecule is C=Cc1ccc([Si](C)(OC)O[Si](OC)(OC)OC)cc1. The molecule has 0 fully saturated rings. The number of benzene rings is 1. The monoisotopic (exact) mass is 314 g/mol. The van der Waals surface area contributed by atoms with Crippen LogP contribution in [-0.4, -0.2) is 46.0 Å². The maximum Gasteiger partial charge on any atom is 0.670 e. The highest BCUT2D eigenvalue weighted by Crippen LogP contribution is 2.18. The van der Waals surface area contributed by atoms with Crippen molar-refractivity contribution in [1.29, 1.82) is 0 Å². The Morgan fingerprint density at radius 2 is 1.40 bits per heavy atom. The lowest BCUT2D eigenvalue weighted by Gasteiger charge is -2.33. The Kier molecular flexibility index (Phi) is 6.27. The predicted molar refractivity (Wildman–Crippen MR) is 82.7 cm³/mol. The normalized spacial score (nSPS) is 14.8. The summed E-state index contributed by atoms with van der Waals surface area (Å²) in [5.41, 5.74) is 1.04. The second-order valence-corrected chi connectivity index (χ2v) is 10.1. The molecule has 1 aromatic carbocycles. The van der Waals surface area contributed by atoms with Crippen LogP contribution in [-0.2, 0) is 21.8 Å². The fourth-order valence-electron chi connectivity index (χ4n) is 1.75. The van der Waals surface area contributed by atoms with Gasteiger partial charge >= 0.3 is 17.6 Å². The van der Waals surface area contributed by atoms with Crippen LogP contribution >= 0.6 is 0 Å². The molecule has 0 radical (unpaired) electrons. The Bertz CT molecular complexity index is 425. The molecule has 0 bridgehead atoms. The van der Waals surface area contributed by atoms with E-state index in [0.717, 1.165) is 10.8 Å². The fraction of sp³-hybridized carbons (Fsp3) is 0.385. The summed E-state index contributed by atoms with van der Waals surface area (Å²) < 4.78 is 27.6.